The molecule has 0 bridgehead atoms. The molecule has 0 amide bonds. The van der Waals surface area contributed by atoms with Crippen LogP contribution in [0.5, 0.6) is 0 Å². The SMILES string of the molecule is Cn1nc(-c2nc(-c3ccc(CC=O)c(C(F)(F)F)c3)no2)c2c1CC(C)(C)CC2. The van der Waals surface area contributed by atoms with E-state index in [1.807, 2.05) is 11.7 Å². The lowest BCUT2D eigenvalue weighted by atomic mass is 9.76. The lowest BCUT2D eigenvalue weighted by molar-refractivity contribution is -0.138. The van der Waals surface area contributed by atoms with E-state index in [1.165, 1.54) is 12.1 Å². The van der Waals surface area contributed by atoms with Crippen LogP contribution in [0.25, 0.3) is 23.0 Å². The van der Waals surface area contributed by atoms with Gasteiger partial charge in [-0.25, -0.2) is 0 Å². The van der Waals surface area contributed by atoms with Crippen LogP contribution in [0.3, 0.4) is 0 Å². The van der Waals surface area contributed by atoms with Crippen LogP contribution >= 0.6 is 0 Å². The van der Waals surface area contributed by atoms with Gasteiger partial charge in [0.15, 0.2) is 5.69 Å². The molecule has 30 heavy (non-hydrogen) atoms. The summed E-state index contributed by atoms with van der Waals surface area (Å²) in [6.07, 6.45) is -1.77. The Morgan fingerprint density at radius 3 is 2.77 bits per heavy atom. The third-order valence-electron chi connectivity index (χ3n) is 5.58. The molecule has 0 saturated heterocycles. The van der Waals surface area contributed by atoms with Crippen molar-refractivity contribution < 1.29 is 22.5 Å². The number of aldehydes is 1. The summed E-state index contributed by atoms with van der Waals surface area (Å²) in [6, 6.07) is 3.68. The standard InChI is InChI=1S/C21H21F3N4O2/c1-20(2)8-6-14-16(11-20)28(3)26-17(14)19-25-18(27-30-19)13-5-4-12(7-9-29)15(10-13)21(22,23)24/h4-5,9-10H,6-8,11H2,1-3H3. The van der Waals surface area contributed by atoms with Gasteiger partial charge in [-0.1, -0.05) is 31.1 Å². The Labute approximate surface area is 171 Å². The summed E-state index contributed by atoms with van der Waals surface area (Å²) in [6.45, 7) is 4.42. The number of hydrogen-bond donors (Lipinski definition) is 0. The van der Waals surface area contributed by atoms with Gasteiger partial charge in [0, 0.05) is 30.3 Å². The minimum Gasteiger partial charge on any atom is -0.332 e. The molecule has 158 valence electrons. The highest BCUT2D eigenvalue weighted by Crippen LogP contribution is 2.39. The Kier molecular flexibility index (Phi) is 4.79. The minimum atomic E-state index is -4.59. The lowest BCUT2D eigenvalue weighted by Gasteiger charge is -2.29. The zero-order chi connectivity index (χ0) is 21.7. The van der Waals surface area contributed by atoms with Crippen LogP contribution in [-0.4, -0.2) is 26.2 Å². The molecule has 0 atom stereocenters. The molecule has 3 aromatic rings. The minimum absolute atomic E-state index is 0.0451. The topological polar surface area (TPSA) is 73.8 Å². The summed E-state index contributed by atoms with van der Waals surface area (Å²) in [5.41, 5.74) is 2.11. The number of carbonyl (C=O) groups excluding carboxylic acids is 1. The second-order valence-corrected chi connectivity index (χ2v) is 8.40. The number of fused-ring (bicyclic) bond motifs is 1. The highest BCUT2D eigenvalue weighted by molar-refractivity contribution is 5.64. The van der Waals surface area contributed by atoms with Crippen molar-refractivity contribution in [3.63, 3.8) is 0 Å². The molecule has 0 aliphatic heterocycles. The predicted octanol–water partition coefficient (Wildman–Crippen LogP) is 4.41. The van der Waals surface area contributed by atoms with Gasteiger partial charge in [-0.05, 0) is 36.3 Å². The van der Waals surface area contributed by atoms with Crippen molar-refractivity contribution in [2.24, 2.45) is 12.5 Å². The van der Waals surface area contributed by atoms with Gasteiger partial charge in [0.05, 0.1) is 5.56 Å². The maximum absolute atomic E-state index is 13.4. The fraction of sp³-hybridized carbons (Fsp3) is 0.429. The predicted molar refractivity (Wildman–Crippen MR) is 103 cm³/mol. The number of aryl methyl sites for hydroxylation is 1. The Morgan fingerprint density at radius 1 is 1.30 bits per heavy atom. The van der Waals surface area contributed by atoms with E-state index in [0.717, 1.165) is 36.6 Å². The average molecular weight is 418 g/mol. The summed E-state index contributed by atoms with van der Waals surface area (Å²) in [7, 11) is 1.86. The third-order valence-corrected chi connectivity index (χ3v) is 5.58. The molecule has 0 fully saturated rings. The molecule has 0 radical (unpaired) electrons. The monoisotopic (exact) mass is 418 g/mol. The molecule has 0 unspecified atom stereocenters. The second-order valence-electron chi connectivity index (χ2n) is 8.40. The largest absolute Gasteiger partial charge is 0.416 e. The fourth-order valence-electron chi connectivity index (χ4n) is 3.95. The van der Waals surface area contributed by atoms with Crippen molar-refractivity contribution in [2.45, 2.75) is 45.7 Å². The van der Waals surface area contributed by atoms with Crippen LogP contribution in [0.1, 0.15) is 42.7 Å². The summed E-state index contributed by atoms with van der Waals surface area (Å²) in [5, 5.41) is 8.41. The van der Waals surface area contributed by atoms with Crippen molar-refractivity contribution >= 4 is 6.29 Å². The van der Waals surface area contributed by atoms with E-state index < -0.39 is 11.7 Å². The maximum Gasteiger partial charge on any atom is 0.416 e. The van der Waals surface area contributed by atoms with Gasteiger partial charge < -0.3 is 9.32 Å². The van der Waals surface area contributed by atoms with Gasteiger partial charge in [0.1, 0.15) is 6.29 Å². The average Bonchev–Trinajstić information content (AvgIpc) is 3.26. The van der Waals surface area contributed by atoms with Gasteiger partial charge in [-0.3, -0.25) is 4.68 Å². The van der Waals surface area contributed by atoms with Crippen molar-refractivity contribution in [1.29, 1.82) is 0 Å². The van der Waals surface area contributed by atoms with Crippen LogP contribution in [0, 0.1) is 5.41 Å². The van der Waals surface area contributed by atoms with Crippen LogP contribution in [0.2, 0.25) is 0 Å². The number of hydrogen-bond acceptors (Lipinski definition) is 5. The number of carbonyl (C=O) groups is 1. The summed E-state index contributed by atoms with van der Waals surface area (Å²) >= 11 is 0. The first-order valence-corrected chi connectivity index (χ1v) is 9.62. The molecular formula is C21H21F3N4O2. The van der Waals surface area contributed by atoms with Gasteiger partial charge in [0.25, 0.3) is 5.89 Å². The number of benzene rings is 1. The molecular weight excluding hydrogens is 397 g/mol. The zero-order valence-electron chi connectivity index (χ0n) is 16.9. The molecule has 0 saturated carbocycles. The molecule has 6 nitrogen and oxygen atoms in total. The third kappa shape index (κ3) is 3.64. The molecule has 1 aliphatic carbocycles. The summed E-state index contributed by atoms with van der Waals surface area (Å²) in [4.78, 5) is 15.0. The van der Waals surface area contributed by atoms with Crippen LogP contribution < -0.4 is 0 Å². The van der Waals surface area contributed by atoms with Crippen molar-refractivity contribution in [3.8, 4) is 23.0 Å². The fourth-order valence-corrected chi connectivity index (χ4v) is 3.95. The van der Waals surface area contributed by atoms with Crippen molar-refractivity contribution in [2.75, 3.05) is 0 Å². The highest BCUT2D eigenvalue weighted by Gasteiger charge is 2.34. The van der Waals surface area contributed by atoms with Gasteiger partial charge in [-0.15, -0.1) is 0 Å². The molecule has 2 heterocycles. The number of alkyl halides is 3. The van der Waals surface area contributed by atoms with Gasteiger partial charge >= 0.3 is 6.18 Å². The van der Waals surface area contributed by atoms with E-state index in [4.69, 9.17) is 4.52 Å². The number of rotatable bonds is 4. The molecule has 1 aliphatic rings. The molecule has 0 spiro atoms. The molecule has 4 rings (SSSR count). The molecule has 0 N–H and O–H groups in total. The van der Waals surface area contributed by atoms with Crippen LogP contribution in [0.15, 0.2) is 22.7 Å². The van der Waals surface area contributed by atoms with Gasteiger partial charge in [-0.2, -0.15) is 23.3 Å². The van der Waals surface area contributed by atoms with E-state index in [9.17, 15) is 18.0 Å². The van der Waals surface area contributed by atoms with E-state index in [2.05, 4.69) is 29.1 Å². The van der Waals surface area contributed by atoms with Crippen molar-refractivity contribution in [1.82, 2.24) is 19.9 Å². The van der Waals surface area contributed by atoms with E-state index in [1.54, 1.807) is 0 Å². The number of nitrogens with zero attached hydrogens (tertiary/aromatic N) is 4. The Bertz CT molecular complexity index is 1110. The second kappa shape index (κ2) is 7.07. The number of aromatic nitrogens is 4. The van der Waals surface area contributed by atoms with Crippen LogP contribution in [0.4, 0.5) is 13.2 Å². The van der Waals surface area contributed by atoms with E-state index in [0.29, 0.717) is 12.0 Å². The summed E-state index contributed by atoms with van der Waals surface area (Å²) in [5.74, 6) is 0.232. The molecule has 1 aromatic carbocycles. The van der Waals surface area contributed by atoms with E-state index in [-0.39, 0.29) is 34.7 Å². The Morgan fingerprint density at radius 2 is 2.07 bits per heavy atom. The zero-order valence-corrected chi connectivity index (χ0v) is 16.9. The maximum atomic E-state index is 13.4. The van der Waals surface area contributed by atoms with Crippen molar-refractivity contribution in [3.05, 3.63) is 40.6 Å². The Balaban J connectivity index is 1.72. The smallest absolute Gasteiger partial charge is 0.332 e. The number of halogens is 3. The Hall–Kier alpha value is -2.97. The first-order valence-electron chi connectivity index (χ1n) is 9.62. The highest BCUT2D eigenvalue weighted by atomic mass is 19.4. The first kappa shape index (κ1) is 20.3. The van der Waals surface area contributed by atoms with E-state index >= 15 is 0 Å². The molecule has 2 aromatic heterocycles. The van der Waals surface area contributed by atoms with Gasteiger partial charge in [0.2, 0.25) is 5.82 Å². The first-order chi connectivity index (χ1) is 14.1. The summed E-state index contributed by atoms with van der Waals surface area (Å²) < 4.78 is 47.4. The lowest BCUT2D eigenvalue weighted by Crippen LogP contribution is -2.23. The normalized spacial score (nSPS) is 15.8. The molecule has 9 heteroatoms. The van der Waals surface area contributed by atoms with Crippen LogP contribution in [-0.2, 0) is 37.3 Å². The quantitative estimate of drug-likeness (QED) is 0.587.